The summed E-state index contributed by atoms with van der Waals surface area (Å²) in [6.07, 6.45) is 1.61. The number of carbonyl (C=O) groups excluding carboxylic acids is 1. The largest absolute Gasteiger partial charge is 0.395 e. The summed E-state index contributed by atoms with van der Waals surface area (Å²) in [6, 6.07) is 0. The first-order chi connectivity index (χ1) is 5.76. The molecule has 12 heavy (non-hydrogen) atoms. The van der Waals surface area contributed by atoms with Crippen LogP contribution in [-0.4, -0.2) is 49.3 Å². The minimum atomic E-state index is -0.133. The lowest BCUT2D eigenvalue weighted by molar-refractivity contribution is -0.135. The molecule has 1 amide bonds. The Hall–Kier alpha value is -0.870. The smallest absolute Gasteiger partial charge is 0.248 e. The first-order valence-corrected chi connectivity index (χ1v) is 3.74. The second-order valence-corrected chi connectivity index (χ2v) is 2.29. The monoisotopic (exact) mass is 173 g/mol. The quantitative estimate of drug-likeness (QED) is 0.558. The van der Waals surface area contributed by atoms with Crippen molar-refractivity contribution in [2.75, 3.05) is 33.4 Å². The van der Waals surface area contributed by atoms with Crippen LogP contribution in [0.2, 0.25) is 0 Å². The first-order valence-electron chi connectivity index (χ1n) is 3.74. The number of hydrogen-bond acceptors (Lipinski definition) is 3. The molecule has 0 unspecified atom stereocenters. The Morgan fingerprint density at radius 3 is 2.83 bits per heavy atom. The highest BCUT2D eigenvalue weighted by molar-refractivity contribution is 5.77. The molecule has 4 heteroatoms. The van der Waals surface area contributed by atoms with E-state index in [0.717, 1.165) is 0 Å². The second kappa shape index (κ2) is 6.82. The zero-order valence-electron chi connectivity index (χ0n) is 7.32. The lowest BCUT2D eigenvalue weighted by Crippen LogP contribution is -2.36. The van der Waals surface area contributed by atoms with E-state index in [2.05, 4.69) is 11.3 Å². The van der Waals surface area contributed by atoms with Crippen molar-refractivity contribution in [3.05, 3.63) is 12.7 Å². The Balaban J connectivity index is 3.89. The maximum absolute atomic E-state index is 11.2. The molecule has 0 radical (unpaired) electrons. The molecule has 0 fully saturated rings. The zero-order chi connectivity index (χ0) is 9.40. The number of hydrogen-bond donors (Lipinski definition) is 1. The Kier molecular flexibility index (Phi) is 6.32. The molecular weight excluding hydrogens is 158 g/mol. The van der Waals surface area contributed by atoms with Gasteiger partial charge < -0.3 is 14.7 Å². The fourth-order valence-electron chi connectivity index (χ4n) is 0.809. The topological polar surface area (TPSA) is 49.8 Å². The summed E-state index contributed by atoms with van der Waals surface area (Å²) >= 11 is 0. The van der Waals surface area contributed by atoms with E-state index in [0.29, 0.717) is 13.1 Å². The molecule has 4 nitrogen and oxygen atoms in total. The van der Waals surface area contributed by atoms with Crippen LogP contribution in [0.1, 0.15) is 0 Å². The van der Waals surface area contributed by atoms with Crippen molar-refractivity contribution < 1.29 is 14.6 Å². The van der Waals surface area contributed by atoms with Crippen molar-refractivity contribution >= 4 is 5.91 Å². The summed E-state index contributed by atoms with van der Waals surface area (Å²) in [5.74, 6) is -0.133. The highest BCUT2D eigenvalue weighted by atomic mass is 16.5. The van der Waals surface area contributed by atoms with Crippen LogP contribution in [0.25, 0.3) is 0 Å². The van der Waals surface area contributed by atoms with E-state index in [4.69, 9.17) is 5.11 Å². The average molecular weight is 173 g/mol. The highest BCUT2D eigenvalue weighted by Gasteiger charge is 2.09. The number of aliphatic hydroxyl groups is 1. The normalized spacial score (nSPS) is 9.50. The molecule has 0 spiro atoms. The molecular formula is C8H15NO3. The predicted molar refractivity (Wildman–Crippen MR) is 45.7 cm³/mol. The molecule has 0 saturated carbocycles. The van der Waals surface area contributed by atoms with Gasteiger partial charge in [-0.2, -0.15) is 0 Å². The van der Waals surface area contributed by atoms with Gasteiger partial charge in [0, 0.05) is 20.2 Å². The second-order valence-electron chi connectivity index (χ2n) is 2.29. The van der Waals surface area contributed by atoms with Gasteiger partial charge in [0.05, 0.1) is 6.61 Å². The van der Waals surface area contributed by atoms with Crippen molar-refractivity contribution in [3.8, 4) is 0 Å². The van der Waals surface area contributed by atoms with E-state index < -0.39 is 0 Å². The minimum Gasteiger partial charge on any atom is -0.395 e. The minimum absolute atomic E-state index is 0.0384. The van der Waals surface area contributed by atoms with Gasteiger partial charge >= 0.3 is 0 Å². The number of methoxy groups -OCH3 is 1. The van der Waals surface area contributed by atoms with Gasteiger partial charge in [0.1, 0.15) is 6.61 Å². The predicted octanol–water partition coefficient (Wildman–Crippen LogP) is -0.360. The molecule has 0 atom stereocenters. The van der Waals surface area contributed by atoms with E-state index in [1.807, 2.05) is 0 Å². The Labute approximate surface area is 72.4 Å². The number of rotatable bonds is 6. The highest BCUT2D eigenvalue weighted by Crippen LogP contribution is 1.90. The van der Waals surface area contributed by atoms with Crippen molar-refractivity contribution in [1.29, 1.82) is 0 Å². The summed E-state index contributed by atoms with van der Waals surface area (Å²) in [6.45, 7) is 4.29. The molecule has 0 aromatic carbocycles. The van der Waals surface area contributed by atoms with Crippen molar-refractivity contribution in [2.24, 2.45) is 0 Å². The number of carbonyl (C=O) groups is 1. The first kappa shape index (κ1) is 11.1. The summed E-state index contributed by atoms with van der Waals surface area (Å²) < 4.78 is 4.67. The van der Waals surface area contributed by atoms with E-state index in [1.165, 1.54) is 12.0 Å². The lowest BCUT2D eigenvalue weighted by atomic mass is 10.4. The number of amides is 1. The summed E-state index contributed by atoms with van der Waals surface area (Å²) in [5, 5.41) is 8.61. The molecule has 0 aliphatic rings. The Morgan fingerprint density at radius 1 is 1.75 bits per heavy atom. The van der Waals surface area contributed by atoms with Crippen LogP contribution in [-0.2, 0) is 9.53 Å². The fraction of sp³-hybridized carbons (Fsp3) is 0.625. The van der Waals surface area contributed by atoms with Crippen LogP contribution in [0.3, 0.4) is 0 Å². The molecule has 0 aliphatic heterocycles. The van der Waals surface area contributed by atoms with E-state index in [1.54, 1.807) is 6.08 Å². The maximum Gasteiger partial charge on any atom is 0.248 e. The van der Waals surface area contributed by atoms with Crippen molar-refractivity contribution in [3.63, 3.8) is 0 Å². The third-order valence-electron chi connectivity index (χ3n) is 1.34. The maximum atomic E-state index is 11.2. The molecule has 0 heterocycles. The van der Waals surface area contributed by atoms with Crippen LogP contribution in [0, 0.1) is 0 Å². The van der Waals surface area contributed by atoms with E-state index in [9.17, 15) is 4.79 Å². The summed E-state index contributed by atoms with van der Waals surface area (Å²) in [5.41, 5.74) is 0. The van der Waals surface area contributed by atoms with Gasteiger partial charge in [-0.15, -0.1) is 6.58 Å². The summed E-state index contributed by atoms with van der Waals surface area (Å²) in [4.78, 5) is 12.6. The van der Waals surface area contributed by atoms with Crippen LogP contribution in [0.4, 0.5) is 0 Å². The lowest BCUT2D eigenvalue weighted by Gasteiger charge is -2.19. The SMILES string of the molecule is C=CCN(CCO)C(=O)COC. The molecule has 0 saturated heterocycles. The molecule has 70 valence electrons. The van der Waals surface area contributed by atoms with Crippen LogP contribution in [0.15, 0.2) is 12.7 Å². The standard InChI is InChI=1S/C8H15NO3/c1-3-4-9(5-6-10)8(11)7-12-2/h3,10H,1,4-7H2,2H3. The van der Waals surface area contributed by atoms with Gasteiger partial charge in [-0.1, -0.05) is 6.08 Å². The Bertz CT molecular complexity index is 147. The molecule has 0 aliphatic carbocycles. The van der Waals surface area contributed by atoms with Crippen molar-refractivity contribution in [1.82, 2.24) is 4.90 Å². The van der Waals surface area contributed by atoms with Crippen LogP contribution in [0.5, 0.6) is 0 Å². The van der Waals surface area contributed by atoms with Gasteiger partial charge in [0.15, 0.2) is 0 Å². The molecule has 0 bridgehead atoms. The number of nitrogens with zero attached hydrogens (tertiary/aromatic N) is 1. The third kappa shape index (κ3) is 4.10. The molecule has 1 N–H and O–H groups in total. The number of ether oxygens (including phenoxy) is 1. The summed E-state index contributed by atoms with van der Waals surface area (Å²) in [7, 11) is 1.46. The van der Waals surface area contributed by atoms with E-state index in [-0.39, 0.29) is 19.1 Å². The third-order valence-corrected chi connectivity index (χ3v) is 1.34. The van der Waals surface area contributed by atoms with Crippen LogP contribution < -0.4 is 0 Å². The molecule has 0 rings (SSSR count). The average Bonchev–Trinajstić information content (AvgIpc) is 2.04. The van der Waals surface area contributed by atoms with Gasteiger partial charge in [-0.3, -0.25) is 4.79 Å². The van der Waals surface area contributed by atoms with Gasteiger partial charge in [0.25, 0.3) is 0 Å². The van der Waals surface area contributed by atoms with Crippen molar-refractivity contribution in [2.45, 2.75) is 0 Å². The zero-order valence-corrected chi connectivity index (χ0v) is 7.32. The van der Waals surface area contributed by atoms with Gasteiger partial charge in [-0.05, 0) is 0 Å². The van der Waals surface area contributed by atoms with Gasteiger partial charge in [-0.25, -0.2) is 0 Å². The van der Waals surface area contributed by atoms with Crippen LogP contribution >= 0.6 is 0 Å². The molecule has 0 aromatic heterocycles. The fourth-order valence-corrected chi connectivity index (χ4v) is 0.809. The molecule has 0 aromatic rings. The van der Waals surface area contributed by atoms with E-state index >= 15 is 0 Å². The number of aliphatic hydroxyl groups excluding tert-OH is 1. The Morgan fingerprint density at radius 2 is 2.42 bits per heavy atom. The van der Waals surface area contributed by atoms with Gasteiger partial charge in [0.2, 0.25) is 5.91 Å².